The molecule has 3 heterocycles. The molecule has 36 heavy (non-hydrogen) atoms. The lowest BCUT2D eigenvalue weighted by atomic mass is 9.97. The van der Waals surface area contributed by atoms with Crippen LogP contribution < -0.4 is 0 Å². The fourth-order valence-corrected chi connectivity index (χ4v) is 4.47. The number of pyridine rings is 1. The summed E-state index contributed by atoms with van der Waals surface area (Å²) in [5.41, 5.74) is 4.35. The molecule has 8 heteroatoms. The minimum absolute atomic E-state index is 0.212. The first kappa shape index (κ1) is 25.4. The quantitative estimate of drug-likeness (QED) is 0.447. The second-order valence-electron chi connectivity index (χ2n) is 9.97. The zero-order valence-electron chi connectivity index (χ0n) is 21.6. The van der Waals surface area contributed by atoms with Crippen molar-refractivity contribution < 1.29 is 23.5 Å². The summed E-state index contributed by atoms with van der Waals surface area (Å²) in [5.74, 6) is -1.03. The third-order valence-electron chi connectivity index (χ3n) is 6.13. The number of aromatic nitrogens is 2. The number of aromatic amines is 1. The van der Waals surface area contributed by atoms with Crippen LogP contribution in [0, 0.1) is 12.7 Å². The monoisotopic (exact) mass is 493 g/mol. The molecule has 0 unspecified atom stereocenters. The molecule has 4 rings (SSSR count). The Kier molecular flexibility index (Phi) is 6.89. The molecule has 0 spiro atoms. The van der Waals surface area contributed by atoms with E-state index in [1.165, 1.54) is 13.2 Å². The number of aryl methyl sites for hydroxylation is 2. The maximum Gasteiger partial charge on any atom is 0.410 e. The maximum atomic E-state index is 15.9. The number of carbonyl (C=O) groups excluding carboxylic acids is 2. The Morgan fingerprint density at radius 3 is 2.61 bits per heavy atom. The number of nitrogens with zero attached hydrogens (tertiary/aromatic N) is 2. The Balaban J connectivity index is 1.84. The summed E-state index contributed by atoms with van der Waals surface area (Å²) in [4.78, 5) is 34.6. The lowest BCUT2D eigenvalue weighted by Gasteiger charge is -2.30. The van der Waals surface area contributed by atoms with Crippen LogP contribution in [0.5, 0.6) is 0 Å². The summed E-state index contributed by atoms with van der Waals surface area (Å²) >= 11 is 0. The van der Waals surface area contributed by atoms with Crippen LogP contribution in [-0.2, 0) is 15.9 Å². The van der Waals surface area contributed by atoms with Crippen LogP contribution in [0.4, 0.5) is 9.18 Å². The third-order valence-corrected chi connectivity index (χ3v) is 6.13. The Hall–Kier alpha value is -3.68. The van der Waals surface area contributed by atoms with Crippen molar-refractivity contribution in [2.75, 3.05) is 20.2 Å². The molecule has 0 saturated heterocycles. The van der Waals surface area contributed by atoms with Gasteiger partial charge in [-0.25, -0.2) is 14.0 Å². The van der Waals surface area contributed by atoms with E-state index in [-0.39, 0.29) is 17.5 Å². The zero-order chi connectivity index (χ0) is 26.2. The highest BCUT2D eigenvalue weighted by Crippen LogP contribution is 2.37. The van der Waals surface area contributed by atoms with Crippen LogP contribution >= 0.6 is 0 Å². The minimum Gasteiger partial charge on any atom is -0.465 e. The van der Waals surface area contributed by atoms with E-state index in [4.69, 9.17) is 9.47 Å². The van der Waals surface area contributed by atoms with Gasteiger partial charge in [-0.3, -0.25) is 4.98 Å². The van der Waals surface area contributed by atoms with Crippen molar-refractivity contribution in [3.05, 3.63) is 58.8 Å². The van der Waals surface area contributed by atoms with Gasteiger partial charge in [0, 0.05) is 34.4 Å². The molecule has 3 aromatic rings. The maximum absolute atomic E-state index is 15.9. The Morgan fingerprint density at radius 2 is 1.94 bits per heavy atom. The van der Waals surface area contributed by atoms with Crippen molar-refractivity contribution in [1.82, 2.24) is 14.9 Å². The van der Waals surface area contributed by atoms with Gasteiger partial charge in [-0.15, -0.1) is 0 Å². The van der Waals surface area contributed by atoms with E-state index in [1.807, 2.05) is 52.8 Å². The van der Waals surface area contributed by atoms with E-state index in [2.05, 4.69) is 9.97 Å². The van der Waals surface area contributed by atoms with Crippen molar-refractivity contribution in [3.8, 4) is 11.1 Å². The van der Waals surface area contributed by atoms with Gasteiger partial charge in [-0.05, 0) is 64.3 Å². The van der Waals surface area contributed by atoms with Gasteiger partial charge in [0.15, 0.2) is 5.82 Å². The average molecular weight is 494 g/mol. The topological polar surface area (TPSA) is 84.5 Å². The van der Waals surface area contributed by atoms with Gasteiger partial charge in [-0.2, -0.15) is 0 Å². The number of nitrogens with one attached hydrogen (secondary N) is 1. The van der Waals surface area contributed by atoms with Gasteiger partial charge in [0.2, 0.25) is 0 Å². The van der Waals surface area contributed by atoms with Gasteiger partial charge in [0.25, 0.3) is 0 Å². The first-order chi connectivity index (χ1) is 17.0. The highest BCUT2D eigenvalue weighted by atomic mass is 19.1. The zero-order valence-corrected chi connectivity index (χ0v) is 21.6. The molecule has 1 N–H and O–H groups in total. The number of ether oxygens (including phenoxy) is 2. The molecular weight excluding hydrogens is 461 g/mol. The molecule has 190 valence electrons. The molecule has 2 aromatic heterocycles. The van der Waals surface area contributed by atoms with Gasteiger partial charge < -0.3 is 19.4 Å². The van der Waals surface area contributed by atoms with Gasteiger partial charge in [-0.1, -0.05) is 19.1 Å². The molecule has 0 radical (unpaired) electrons. The van der Waals surface area contributed by atoms with E-state index < -0.39 is 23.5 Å². The number of hydrogen-bond donors (Lipinski definition) is 1. The molecule has 0 aliphatic carbocycles. The van der Waals surface area contributed by atoms with Gasteiger partial charge in [0.05, 0.1) is 30.4 Å². The van der Waals surface area contributed by atoms with Crippen LogP contribution in [0.3, 0.4) is 0 Å². The third kappa shape index (κ3) is 4.98. The number of amides is 1. The first-order valence-corrected chi connectivity index (χ1v) is 12.1. The molecule has 7 nitrogen and oxygen atoms in total. The van der Waals surface area contributed by atoms with Gasteiger partial charge in [0.1, 0.15) is 5.60 Å². The van der Waals surface area contributed by atoms with E-state index in [9.17, 15) is 9.59 Å². The lowest BCUT2D eigenvalue weighted by molar-refractivity contribution is 0.0272. The summed E-state index contributed by atoms with van der Waals surface area (Å²) in [6, 6.07) is 7.05. The molecule has 1 aliphatic heterocycles. The SMILES string of the molecule is CCc1nc(C)ccc1-c1cc(C(=O)OC)cc2c(F)c(C3=CCCN(C(=O)OC(C)(C)C)C3)[nH]c12. The van der Waals surface area contributed by atoms with Crippen LogP contribution in [0.1, 0.15) is 61.6 Å². The number of H-pyrrole nitrogens is 1. The molecule has 0 saturated carbocycles. The van der Waals surface area contributed by atoms with E-state index in [0.717, 1.165) is 17.0 Å². The number of methoxy groups -OCH3 is 1. The molecular formula is C28H32FN3O4. The van der Waals surface area contributed by atoms with E-state index in [1.54, 1.807) is 11.0 Å². The number of carbonyl (C=O) groups is 2. The molecule has 1 amide bonds. The second kappa shape index (κ2) is 9.76. The number of halogens is 1. The van der Waals surface area contributed by atoms with Crippen molar-refractivity contribution in [2.24, 2.45) is 0 Å². The predicted molar refractivity (Wildman–Crippen MR) is 137 cm³/mol. The van der Waals surface area contributed by atoms with Crippen LogP contribution in [0.15, 0.2) is 30.3 Å². The smallest absolute Gasteiger partial charge is 0.410 e. The Morgan fingerprint density at radius 1 is 1.19 bits per heavy atom. The van der Waals surface area contributed by atoms with Crippen molar-refractivity contribution in [3.63, 3.8) is 0 Å². The predicted octanol–water partition coefficient (Wildman–Crippen LogP) is 6.05. The number of benzene rings is 1. The number of rotatable bonds is 4. The normalized spacial score (nSPS) is 14.1. The minimum atomic E-state index is -0.622. The van der Waals surface area contributed by atoms with Crippen LogP contribution in [-0.4, -0.2) is 52.7 Å². The lowest BCUT2D eigenvalue weighted by Crippen LogP contribution is -2.39. The van der Waals surface area contributed by atoms with Crippen molar-refractivity contribution in [2.45, 2.75) is 53.1 Å². The Bertz CT molecular complexity index is 1370. The Labute approximate surface area is 210 Å². The average Bonchev–Trinajstić information content (AvgIpc) is 3.18. The molecule has 0 atom stereocenters. The summed E-state index contributed by atoms with van der Waals surface area (Å²) < 4.78 is 26.4. The van der Waals surface area contributed by atoms with Crippen molar-refractivity contribution in [1.29, 1.82) is 0 Å². The largest absolute Gasteiger partial charge is 0.465 e. The fourth-order valence-electron chi connectivity index (χ4n) is 4.47. The van der Waals surface area contributed by atoms with E-state index >= 15 is 4.39 Å². The summed E-state index contributed by atoms with van der Waals surface area (Å²) in [7, 11) is 1.30. The summed E-state index contributed by atoms with van der Waals surface area (Å²) in [5, 5.41) is 0.279. The summed E-state index contributed by atoms with van der Waals surface area (Å²) in [6.07, 6.45) is 2.75. The van der Waals surface area contributed by atoms with Crippen LogP contribution in [0.25, 0.3) is 27.6 Å². The van der Waals surface area contributed by atoms with Gasteiger partial charge >= 0.3 is 12.1 Å². The van der Waals surface area contributed by atoms with E-state index in [0.29, 0.717) is 41.7 Å². The number of fused-ring (bicyclic) bond motifs is 1. The number of esters is 1. The standard InChI is InChI=1S/C28H32FN3O4/c1-7-22-19(11-10-16(2)30-22)20-13-18(26(33)35-6)14-21-23(29)24(31-25(20)21)17-9-8-12-32(15-17)27(34)36-28(3,4)5/h9-11,13-14,31H,7-8,12,15H2,1-6H3. The second-order valence-corrected chi connectivity index (χ2v) is 9.97. The highest BCUT2D eigenvalue weighted by Gasteiger charge is 2.28. The fraction of sp³-hybridized carbons (Fsp3) is 0.393. The molecule has 1 aliphatic rings. The highest BCUT2D eigenvalue weighted by molar-refractivity contribution is 6.03. The molecule has 0 fully saturated rings. The number of hydrogen-bond acceptors (Lipinski definition) is 5. The van der Waals surface area contributed by atoms with Crippen molar-refractivity contribution >= 4 is 28.5 Å². The molecule has 1 aromatic carbocycles. The molecule has 0 bridgehead atoms. The first-order valence-electron chi connectivity index (χ1n) is 12.1. The van der Waals surface area contributed by atoms with Crippen LogP contribution in [0.2, 0.25) is 0 Å². The summed E-state index contributed by atoms with van der Waals surface area (Å²) in [6.45, 7) is 10.1.